The van der Waals surface area contributed by atoms with Crippen molar-refractivity contribution in [2.24, 2.45) is 7.05 Å². The van der Waals surface area contributed by atoms with Crippen molar-refractivity contribution >= 4 is 39.5 Å². The number of aryl methyl sites for hydroxylation is 1. The molecule has 0 aliphatic carbocycles. The van der Waals surface area contributed by atoms with Crippen molar-refractivity contribution in [1.82, 2.24) is 4.57 Å². The number of rotatable bonds is 1. The Morgan fingerprint density at radius 2 is 1.94 bits per heavy atom. The van der Waals surface area contributed by atoms with Gasteiger partial charge in [0.1, 0.15) is 5.56 Å². The van der Waals surface area contributed by atoms with Crippen LogP contribution in [0.5, 0.6) is 0 Å². The van der Waals surface area contributed by atoms with E-state index in [-0.39, 0.29) is 5.56 Å². The molecule has 1 aromatic carbocycles. The number of carboxylic acids is 1. The number of hydrogen-bond acceptors (Lipinski definition) is 2. The molecule has 0 fully saturated rings. The predicted octanol–water partition coefficient (Wildman–Crippen LogP) is 2.87. The lowest BCUT2D eigenvalue weighted by Crippen LogP contribution is -2.17. The molecule has 1 N–H and O–H groups in total. The van der Waals surface area contributed by atoms with Gasteiger partial charge in [0, 0.05) is 22.2 Å². The highest BCUT2D eigenvalue weighted by molar-refractivity contribution is 14.1. The largest absolute Gasteiger partial charge is 0.477 e. The van der Waals surface area contributed by atoms with Crippen molar-refractivity contribution in [3.63, 3.8) is 0 Å². The van der Waals surface area contributed by atoms with Crippen LogP contribution in [0.4, 0.5) is 0 Å². The summed E-state index contributed by atoms with van der Waals surface area (Å²) in [7, 11) is 1.72. The topological polar surface area (TPSA) is 59.3 Å². The number of nitrogens with zero attached hydrogens (tertiary/aromatic N) is 1. The molecule has 0 unspecified atom stereocenters. The van der Waals surface area contributed by atoms with Crippen LogP contribution in [-0.4, -0.2) is 15.6 Å². The van der Waals surface area contributed by atoms with Gasteiger partial charge in [0.25, 0.3) is 0 Å². The van der Waals surface area contributed by atoms with E-state index in [1.807, 2.05) is 26.0 Å². The van der Waals surface area contributed by atoms with Gasteiger partial charge < -0.3 is 9.67 Å². The Hall–Kier alpha value is -1.37. The zero-order valence-electron chi connectivity index (χ0n) is 10.4. The number of benzene rings is 1. The van der Waals surface area contributed by atoms with Gasteiger partial charge in [0.2, 0.25) is 5.43 Å². The van der Waals surface area contributed by atoms with E-state index in [9.17, 15) is 9.59 Å². The number of fused-ring (bicyclic) bond motifs is 1. The van der Waals surface area contributed by atoms with E-state index in [0.29, 0.717) is 5.39 Å². The summed E-state index contributed by atoms with van der Waals surface area (Å²) in [4.78, 5) is 22.8. The SMILES string of the molecule is CC.Cn1cc(C(=O)O)c(=O)c2cc(I)ccc21. The highest BCUT2D eigenvalue weighted by Gasteiger charge is 2.12. The van der Waals surface area contributed by atoms with Crippen LogP contribution in [0.25, 0.3) is 10.9 Å². The second-order valence-corrected chi connectivity index (χ2v) is 4.70. The molecule has 0 spiro atoms. The number of hydrogen-bond donors (Lipinski definition) is 1. The van der Waals surface area contributed by atoms with E-state index in [4.69, 9.17) is 5.11 Å². The maximum Gasteiger partial charge on any atom is 0.341 e. The van der Waals surface area contributed by atoms with Crippen LogP contribution >= 0.6 is 22.6 Å². The molecule has 4 nitrogen and oxygen atoms in total. The average Bonchev–Trinajstić information content (AvgIpc) is 2.35. The van der Waals surface area contributed by atoms with Crippen molar-refractivity contribution < 1.29 is 9.90 Å². The third-order valence-electron chi connectivity index (χ3n) is 2.38. The maximum absolute atomic E-state index is 11.9. The standard InChI is InChI=1S/C11H8INO3.C2H6/c1-13-5-8(11(15)16)10(14)7-4-6(12)2-3-9(7)13;1-2/h2-5H,1H3,(H,15,16);1-2H3. The van der Waals surface area contributed by atoms with Gasteiger partial charge in [0.05, 0.1) is 5.52 Å². The first-order chi connectivity index (χ1) is 8.50. The number of carbonyl (C=O) groups is 1. The minimum Gasteiger partial charge on any atom is -0.477 e. The van der Waals surface area contributed by atoms with Gasteiger partial charge in [-0.15, -0.1) is 0 Å². The Bertz CT molecular complexity index is 646. The Balaban J connectivity index is 0.000000771. The monoisotopic (exact) mass is 359 g/mol. The van der Waals surface area contributed by atoms with Gasteiger partial charge >= 0.3 is 5.97 Å². The lowest BCUT2D eigenvalue weighted by molar-refractivity contribution is 0.0695. The number of halogens is 1. The van der Waals surface area contributed by atoms with Crippen LogP contribution in [0.2, 0.25) is 0 Å². The molecule has 0 radical (unpaired) electrons. The molecular formula is C13H14INO3. The van der Waals surface area contributed by atoms with Gasteiger partial charge in [-0.2, -0.15) is 0 Å². The van der Waals surface area contributed by atoms with Gasteiger partial charge in [0.15, 0.2) is 0 Å². The van der Waals surface area contributed by atoms with Gasteiger partial charge in [-0.1, -0.05) is 13.8 Å². The summed E-state index contributed by atoms with van der Waals surface area (Å²) >= 11 is 2.09. The van der Waals surface area contributed by atoms with E-state index in [2.05, 4.69) is 22.6 Å². The molecule has 0 atom stereocenters. The zero-order chi connectivity index (χ0) is 13.9. The Kier molecular flexibility index (Phi) is 4.89. The highest BCUT2D eigenvalue weighted by atomic mass is 127. The second kappa shape index (κ2) is 5.99. The van der Waals surface area contributed by atoms with E-state index in [1.54, 1.807) is 17.7 Å². The number of pyridine rings is 1. The normalized spacial score (nSPS) is 9.78. The molecular weight excluding hydrogens is 345 g/mol. The molecule has 0 aliphatic rings. The predicted molar refractivity (Wildman–Crippen MR) is 80.2 cm³/mol. The molecule has 2 rings (SSSR count). The van der Waals surface area contributed by atoms with Crippen molar-refractivity contribution in [2.75, 3.05) is 0 Å². The summed E-state index contributed by atoms with van der Waals surface area (Å²) in [5, 5.41) is 9.34. The molecule has 0 amide bonds. The Labute approximate surface area is 118 Å². The van der Waals surface area contributed by atoms with Crippen LogP contribution < -0.4 is 5.43 Å². The molecule has 1 heterocycles. The minimum atomic E-state index is -1.19. The minimum absolute atomic E-state index is 0.197. The fourth-order valence-corrected chi connectivity index (χ4v) is 2.11. The highest BCUT2D eigenvalue weighted by Crippen LogP contribution is 2.14. The van der Waals surface area contributed by atoms with Crippen LogP contribution in [0.3, 0.4) is 0 Å². The first kappa shape index (κ1) is 14.7. The lowest BCUT2D eigenvalue weighted by atomic mass is 10.1. The van der Waals surface area contributed by atoms with Crippen LogP contribution in [-0.2, 0) is 7.05 Å². The summed E-state index contributed by atoms with van der Waals surface area (Å²) in [5.74, 6) is -1.19. The maximum atomic E-state index is 11.9. The Morgan fingerprint density at radius 3 is 2.50 bits per heavy atom. The second-order valence-electron chi connectivity index (χ2n) is 3.45. The fourth-order valence-electron chi connectivity index (χ4n) is 1.62. The summed E-state index contributed by atoms with van der Waals surface area (Å²) in [6, 6.07) is 5.39. The molecule has 0 saturated heterocycles. The molecule has 0 saturated carbocycles. The molecule has 5 heteroatoms. The van der Waals surface area contributed by atoms with E-state index >= 15 is 0 Å². The number of carboxylic acid groups (broad SMARTS) is 1. The molecule has 0 bridgehead atoms. The van der Waals surface area contributed by atoms with Crippen LogP contribution in [0.1, 0.15) is 24.2 Å². The smallest absolute Gasteiger partial charge is 0.341 e. The van der Waals surface area contributed by atoms with E-state index in [0.717, 1.165) is 9.09 Å². The molecule has 0 aliphatic heterocycles. The van der Waals surface area contributed by atoms with Gasteiger partial charge in [-0.3, -0.25) is 4.79 Å². The quantitative estimate of drug-likeness (QED) is 0.797. The van der Waals surface area contributed by atoms with E-state index < -0.39 is 11.4 Å². The summed E-state index contributed by atoms with van der Waals surface area (Å²) in [6.07, 6.45) is 1.35. The summed E-state index contributed by atoms with van der Waals surface area (Å²) in [5.41, 5.74) is 0.103. The van der Waals surface area contributed by atoms with Crippen molar-refractivity contribution in [3.05, 3.63) is 43.8 Å². The Morgan fingerprint density at radius 1 is 1.33 bits per heavy atom. The van der Waals surface area contributed by atoms with Crippen molar-refractivity contribution in [1.29, 1.82) is 0 Å². The molecule has 18 heavy (non-hydrogen) atoms. The van der Waals surface area contributed by atoms with Crippen LogP contribution in [0, 0.1) is 3.57 Å². The van der Waals surface area contributed by atoms with Crippen LogP contribution in [0.15, 0.2) is 29.2 Å². The van der Waals surface area contributed by atoms with Gasteiger partial charge in [-0.05, 0) is 40.8 Å². The number of aromatic carboxylic acids is 1. The van der Waals surface area contributed by atoms with Crippen molar-refractivity contribution in [3.8, 4) is 0 Å². The first-order valence-corrected chi connectivity index (χ1v) is 6.61. The van der Waals surface area contributed by atoms with Crippen molar-refractivity contribution in [2.45, 2.75) is 13.8 Å². The summed E-state index contributed by atoms with van der Waals surface area (Å²) < 4.78 is 2.56. The molecule has 2 aromatic rings. The fraction of sp³-hybridized carbons (Fsp3) is 0.231. The molecule has 1 aromatic heterocycles. The third-order valence-corrected chi connectivity index (χ3v) is 3.05. The number of aromatic nitrogens is 1. The summed E-state index contributed by atoms with van der Waals surface area (Å²) in [6.45, 7) is 4.00. The molecule has 96 valence electrons. The first-order valence-electron chi connectivity index (χ1n) is 5.53. The average molecular weight is 359 g/mol. The van der Waals surface area contributed by atoms with Gasteiger partial charge in [-0.25, -0.2) is 4.79 Å². The third kappa shape index (κ3) is 2.72. The zero-order valence-corrected chi connectivity index (χ0v) is 12.6. The lowest BCUT2D eigenvalue weighted by Gasteiger charge is -2.06. The van der Waals surface area contributed by atoms with E-state index in [1.165, 1.54) is 6.20 Å².